The minimum Gasteiger partial charge on any atom is -0.371 e. The van der Waals surface area contributed by atoms with Crippen LogP contribution >= 0.6 is 0 Å². The van der Waals surface area contributed by atoms with Gasteiger partial charge in [-0.2, -0.15) is 0 Å². The number of nitrogens with zero attached hydrogens (tertiary/aromatic N) is 1. The Morgan fingerprint density at radius 3 is 2.73 bits per heavy atom. The molecule has 0 spiro atoms. The van der Waals surface area contributed by atoms with Gasteiger partial charge in [-0.25, -0.2) is 0 Å². The highest BCUT2D eigenvalue weighted by Crippen LogP contribution is 2.24. The van der Waals surface area contributed by atoms with Gasteiger partial charge in [0.25, 0.3) is 0 Å². The van der Waals surface area contributed by atoms with Crippen LogP contribution in [0.1, 0.15) is 12.8 Å². The van der Waals surface area contributed by atoms with Crippen molar-refractivity contribution in [2.24, 2.45) is 0 Å². The van der Waals surface area contributed by atoms with Gasteiger partial charge >= 0.3 is 0 Å². The van der Waals surface area contributed by atoms with Crippen LogP contribution in [-0.4, -0.2) is 13.1 Å². The van der Waals surface area contributed by atoms with Crippen molar-refractivity contribution in [3.8, 4) is 0 Å². The summed E-state index contributed by atoms with van der Waals surface area (Å²) in [6, 6.07) is 16.2. The molecule has 1 radical (unpaired) electrons. The molecule has 0 amide bonds. The van der Waals surface area contributed by atoms with Crippen molar-refractivity contribution >= 4 is 16.5 Å². The smallest absolute Gasteiger partial charge is 0.0378 e. The van der Waals surface area contributed by atoms with E-state index in [1.807, 2.05) is 0 Å². The van der Waals surface area contributed by atoms with Crippen molar-refractivity contribution in [2.75, 3.05) is 18.0 Å². The first-order valence-corrected chi connectivity index (χ1v) is 5.59. The van der Waals surface area contributed by atoms with E-state index in [0.29, 0.717) is 0 Å². The van der Waals surface area contributed by atoms with E-state index in [9.17, 15) is 0 Å². The Morgan fingerprint density at radius 2 is 1.87 bits per heavy atom. The van der Waals surface area contributed by atoms with E-state index in [-0.39, 0.29) is 0 Å². The topological polar surface area (TPSA) is 3.24 Å². The molecule has 0 atom stereocenters. The number of hydrogen-bond donors (Lipinski definition) is 0. The summed E-state index contributed by atoms with van der Waals surface area (Å²) < 4.78 is 0. The van der Waals surface area contributed by atoms with Gasteiger partial charge in [0.2, 0.25) is 0 Å². The molecule has 2 aromatic carbocycles. The largest absolute Gasteiger partial charge is 0.371 e. The summed E-state index contributed by atoms with van der Waals surface area (Å²) in [6.45, 7) is 2.40. The summed E-state index contributed by atoms with van der Waals surface area (Å²) in [5.74, 6) is 0. The molecular formula is C14H14N. The van der Waals surface area contributed by atoms with Crippen molar-refractivity contribution in [3.05, 3.63) is 42.5 Å². The summed E-state index contributed by atoms with van der Waals surface area (Å²) in [7, 11) is 0. The average Bonchev–Trinajstić information content (AvgIpc) is 2.82. The Bertz CT molecular complexity index is 469. The minimum atomic E-state index is 1.20. The fraction of sp³-hybridized carbons (Fsp3) is 0.286. The van der Waals surface area contributed by atoms with Crippen LogP contribution in [0.5, 0.6) is 0 Å². The summed E-state index contributed by atoms with van der Waals surface area (Å²) in [4.78, 5) is 2.45. The third-order valence-corrected chi connectivity index (χ3v) is 3.11. The third-order valence-electron chi connectivity index (χ3n) is 3.11. The van der Waals surface area contributed by atoms with Crippen molar-refractivity contribution in [1.82, 2.24) is 0 Å². The van der Waals surface area contributed by atoms with Crippen LogP contribution in [0, 0.1) is 6.07 Å². The molecule has 1 heterocycles. The Hall–Kier alpha value is -1.50. The maximum Gasteiger partial charge on any atom is 0.0378 e. The summed E-state index contributed by atoms with van der Waals surface area (Å²) in [5, 5.41) is 2.50. The van der Waals surface area contributed by atoms with Crippen molar-refractivity contribution < 1.29 is 0 Å². The Labute approximate surface area is 90.3 Å². The lowest BCUT2D eigenvalue weighted by atomic mass is 10.1. The van der Waals surface area contributed by atoms with Gasteiger partial charge in [0, 0.05) is 18.8 Å². The number of rotatable bonds is 1. The van der Waals surface area contributed by atoms with Crippen LogP contribution in [0.4, 0.5) is 5.69 Å². The van der Waals surface area contributed by atoms with Crippen LogP contribution in [0.15, 0.2) is 36.4 Å². The molecule has 0 N–H and O–H groups in total. The zero-order chi connectivity index (χ0) is 10.1. The predicted octanol–water partition coefficient (Wildman–Crippen LogP) is 3.24. The van der Waals surface area contributed by atoms with Crippen LogP contribution in [0.2, 0.25) is 0 Å². The lowest BCUT2D eigenvalue weighted by Gasteiger charge is -2.17. The molecule has 1 fully saturated rings. The molecule has 1 aliphatic rings. The average molecular weight is 196 g/mol. The second kappa shape index (κ2) is 3.58. The molecule has 0 saturated carbocycles. The molecule has 15 heavy (non-hydrogen) atoms. The molecule has 3 rings (SSSR count). The zero-order valence-electron chi connectivity index (χ0n) is 8.74. The molecule has 1 nitrogen and oxygen atoms in total. The Morgan fingerprint density at radius 1 is 1.07 bits per heavy atom. The summed E-state index contributed by atoms with van der Waals surface area (Å²) in [6.07, 6.45) is 2.65. The van der Waals surface area contributed by atoms with E-state index in [1.54, 1.807) is 0 Å². The lowest BCUT2D eigenvalue weighted by Crippen LogP contribution is -2.17. The zero-order valence-corrected chi connectivity index (χ0v) is 8.74. The number of fused-ring (bicyclic) bond motifs is 1. The Balaban J connectivity index is 2.05. The van der Waals surface area contributed by atoms with Gasteiger partial charge in [-0.15, -0.1) is 0 Å². The van der Waals surface area contributed by atoms with Crippen LogP contribution in [0.3, 0.4) is 0 Å². The fourth-order valence-corrected chi connectivity index (χ4v) is 2.26. The van der Waals surface area contributed by atoms with E-state index in [2.05, 4.69) is 47.4 Å². The molecule has 2 aromatic rings. The SMILES string of the molecule is [c]1cc(N2CCCC2)cc2ccccc12. The first kappa shape index (κ1) is 8.78. The van der Waals surface area contributed by atoms with E-state index >= 15 is 0 Å². The molecule has 0 bridgehead atoms. The second-order valence-corrected chi connectivity index (χ2v) is 4.14. The number of hydrogen-bond acceptors (Lipinski definition) is 1. The highest BCUT2D eigenvalue weighted by atomic mass is 15.1. The summed E-state index contributed by atoms with van der Waals surface area (Å²) >= 11 is 0. The summed E-state index contributed by atoms with van der Waals surface area (Å²) in [5.41, 5.74) is 1.33. The van der Waals surface area contributed by atoms with Gasteiger partial charge in [-0.1, -0.05) is 24.3 Å². The standard InChI is InChI=1S/C14H14N/c1-2-6-13-11-14(8-7-12(13)5-1)15-9-3-4-10-15/h1-2,5-6,8,11H,3-4,9-10H2. The lowest BCUT2D eigenvalue weighted by molar-refractivity contribution is 0.949. The monoisotopic (exact) mass is 196 g/mol. The highest BCUT2D eigenvalue weighted by molar-refractivity contribution is 5.85. The number of benzene rings is 2. The molecule has 0 unspecified atom stereocenters. The normalized spacial score (nSPS) is 16.1. The minimum absolute atomic E-state index is 1.20. The van der Waals surface area contributed by atoms with Crippen LogP contribution in [-0.2, 0) is 0 Å². The van der Waals surface area contributed by atoms with Gasteiger partial charge in [0.15, 0.2) is 0 Å². The maximum atomic E-state index is 3.35. The second-order valence-electron chi connectivity index (χ2n) is 4.14. The van der Waals surface area contributed by atoms with Crippen molar-refractivity contribution in [3.63, 3.8) is 0 Å². The van der Waals surface area contributed by atoms with Crippen LogP contribution in [0.25, 0.3) is 10.8 Å². The molecule has 1 aliphatic heterocycles. The van der Waals surface area contributed by atoms with Crippen molar-refractivity contribution in [1.29, 1.82) is 0 Å². The molecule has 0 aromatic heterocycles. The van der Waals surface area contributed by atoms with Crippen LogP contribution < -0.4 is 4.90 Å². The maximum absolute atomic E-state index is 3.35. The molecular weight excluding hydrogens is 182 g/mol. The van der Waals surface area contributed by atoms with E-state index in [0.717, 1.165) is 0 Å². The quantitative estimate of drug-likeness (QED) is 0.676. The van der Waals surface area contributed by atoms with E-state index < -0.39 is 0 Å². The van der Waals surface area contributed by atoms with Gasteiger partial charge in [-0.3, -0.25) is 0 Å². The molecule has 1 saturated heterocycles. The molecule has 75 valence electrons. The Kier molecular flexibility index (Phi) is 2.09. The van der Waals surface area contributed by atoms with Gasteiger partial charge in [0.1, 0.15) is 0 Å². The van der Waals surface area contributed by atoms with E-state index in [1.165, 1.54) is 42.4 Å². The van der Waals surface area contributed by atoms with Crippen molar-refractivity contribution in [2.45, 2.75) is 12.8 Å². The van der Waals surface area contributed by atoms with Gasteiger partial charge in [-0.05, 0) is 41.8 Å². The predicted molar refractivity (Wildman–Crippen MR) is 64.2 cm³/mol. The highest BCUT2D eigenvalue weighted by Gasteiger charge is 2.11. The molecule has 0 aliphatic carbocycles. The molecule has 1 heteroatoms. The van der Waals surface area contributed by atoms with Gasteiger partial charge < -0.3 is 4.90 Å². The van der Waals surface area contributed by atoms with E-state index in [4.69, 9.17) is 0 Å². The number of anilines is 1. The fourth-order valence-electron chi connectivity index (χ4n) is 2.26. The first-order valence-electron chi connectivity index (χ1n) is 5.59. The van der Waals surface area contributed by atoms with Gasteiger partial charge in [0.05, 0.1) is 0 Å². The third kappa shape index (κ3) is 1.58. The first-order chi connectivity index (χ1) is 7.43.